The highest BCUT2D eigenvalue weighted by atomic mass is 35.5. The molecule has 242 valence electrons. The van der Waals surface area contributed by atoms with Crippen molar-refractivity contribution in [3.63, 3.8) is 0 Å². The lowest BCUT2D eigenvalue weighted by Gasteiger charge is -2.34. The number of ether oxygens (including phenoxy) is 1. The summed E-state index contributed by atoms with van der Waals surface area (Å²) in [4.78, 5) is 30.0. The van der Waals surface area contributed by atoms with Crippen LogP contribution in [0.15, 0.2) is 108 Å². The quantitative estimate of drug-likeness (QED) is 0.169. The number of methoxy groups -OCH3 is 1. The van der Waals surface area contributed by atoms with Crippen LogP contribution in [0.4, 0.5) is 5.69 Å². The number of carbonyl (C=O) groups excluding carboxylic acids is 2. The van der Waals surface area contributed by atoms with Gasteiger partial charge in [-0.05, 0) is 79.9 Å². The SMILES string of the molecule is CC[C@@H](C)NC(=O)[C@@H](Cc1ccccc1)N(Cc1cccc(Cl)c1)C(=O)CN(c1ccc(OC)cc1)S(=O)(=O)c1ccc(C)cc1. The molecule has 10 heteroatoms. The number of nitrogens with one attached hydrogen (secondary N) is 1. The van der Waals surface area contributed by atoms with Crippen LogP contribution in [0, 0.1) is 6.92 Å². The van der Waals surface area contributed by atoms with Crippen molar-refractivity contribution in [3.05, 3.63) is 125 Å². The standard InChI is InChI=1S/C36H40ClN3O5S/c1-5-27(3)38-36(42)34(23-28-10-7-6-8-11-28)39(24-29-12-9-13-30(37)22-29)35(41)25-40(31-16-18-32(45-4)19-17-31)46(43,44)33-20-14-26(2)15-21-33/h6-22,27,34H,5,23-25H2,1-4H3,(H,38,42)/t27-,34-/m1/s1. The molecule has 4 aromatic carbocycles. The molecule has 4 rings (SSSR count). The maximum absolute atomic E-state index is 14.5. The van der Waals surface area contributed by atoms with Crippen LogP contribution in [0.5, 0.6) is 5.75 Å². The Morgan fingerprint density at radius 1 is 0.891 bits per heavy atom. The van der Waals surface area contributed by atoms with Crippen LogP contribution in [0.25, 0.3) is 0 Å². The fourth-order valence-electron chi connectivity index (χ4n) is 4.94. The van der Waals surface area contributed by atoms with E-state index in [9.17, 15) is 18.0 Å². The second kappa shape index (κ2) is 15.8. The molecule has 46 heavy (non-hydrogen) atoms. The molecule has 0 fully saturated rings. The van der Waals surface area contributed by atoms with Gasteiger partial charge in [-0.1, -0.05) is 78.7 Å². The highest BCUT2D eigenvalue weighted by molar-refractivity contribution is 7.92. The summed E-state index contributed by atoms with van der Waals surface area (Å²) in [6, 6.07) is 28.3. The fourth-order valence-corrected chi connectivity index (χ4v) is 6.57. The summed E-state index contributed by atoms with van der Waals surface area (Å²) in [6.07, 6.45) is 0.925. The summed E-state index contributed by atoms with van der Waals surface area (Å²) in [5.74, 6) is -0.340. The van der Waals surface area contributed by atoms with Crippen LogP contribution >= 0.6 is 11.6 Å². The number of amides is 2. The van der Waals surface area contributed by atoms with E-state index in [1.54, 1.807) is 54.6 Å². The molecule has 2 atom stereocenters. The van der Waals surface area contributed by atoms with Gasteiger partial charge in [-0.15, -0.1) is 0 Å². The summed E-state index contributed by atoms with van der Waals surface area (Å²) >= 11 is 6.31. The van der Waals surface area contributed by atoms with E-state index in [1.165, 1.54) is 24.1 Å². The first kappa shape index (κ1) is 34.5. The molecule has 8 nitrogen and oxygen atoms in total. The minimum Gasteiger partial charge on any atom is -0.497 e. The topological polar surface area (TPSA) is 96.0 Å². The average Bonchev–Trinajstić information content (AvgIpc) is 3.05. The highest BCUT2D eigenvalue weighted by Crippen LogP contribution is 2.27. The molecule has 2 amide bonds. The van der Waals surface area contributed by atoms with E-state index in [4.69, 9.17) is 16.3 Å². The van der Waals surface area contributed by atoms with Gasteiger partial charge in [0, 0.05) is 24.0 Å². The van der Waals surface area contributed by atoms with E-state index >= 15 is 0 Å². The molecule has 0 unspecified atom stereocenters. The Morgan fingerprint density at radius 3 is 2.15 bits per heavy atom. The van der Waals surface area contributed by atoms with Gasteiger partial charge in [-0.2, -0.15) is 0 Å². The Hall–Kier alpha value is -4.34. The smallest absolute Gasteiger partial charge is 0.264 e. The third-order valence-corrected chi connectivity index (χ3v) is 9.79. The average molecular weight is 662 g/mol. The molecular weight excluding hydrogens is 622 g/mol. The van der Waals surface area contributed by atoms with Crippen molar-refractivity contribution in [3.8, 4) is 5.75 Å². The first-order valence-electron chi connectivity index (χ1n) is 15.1. The maximum Gasteiger partial charge on any atom is 0.264 e. The number of carbonyl (C=O) groups is 2. The Labute approximate surface area is 277 Å². The number of nitrogens with zero attached hydrogens (tertiary/aromatic N) is 2. The lowest BCUT2D eigenvalue weighted by Crippen LogP contribution is -2.54. The van der Waals surface area contributed by atoms with Gasteiger partial charge in [0.25, 0.3) is 10.0 Å². The number of hydrogen-bond acceptors (Lipinski definition) is 5. The second-order valence-electron chi connectivity index (χ2n) is 11.2. The van der Waals surface area contributed by atoms with Crippen molar-refractivity contribution in [2.45, 2.75) is 57.1 Å². The van der Waals surface area contributed by atoms with Crippen LogP contribution < -0.4 is 14.4 Å². The van der Waals surface area contributed by atoms with Crippen LogP contribution in [-0.4, -0.2) is 50.9 Å². The van der Waals surface area contributed by atoms with Crippen LogP contribution in [-0.2, 0) is 32.6 Å². The molecule has 0 heterocycles. The Balaban J connectivity index is 1.81. The van der Waals surface area contributed by atoms with Gasteiger partial charge in [0.15, 0.2) is 0 Å². The number of hydrogen-bond donors (Lipinski definition) is 1. The van der Waals surface area contributed by atoms with Gasteiger partial charge in [0.05, 0.1) is 17.7 Å². The van der Waals surface area contributed by atoms with Gasteiger partial charge >= 0.3 is 0 Å². The normalized spacial score (nSPS) is 12.5. The molecule has 1 N–H and O–H groups in total. The molecule has 0 aliphatic heterocycles. The van der Waals surface area contributed by atoms with Crippen molar-refractivity contribution in [1.29, 1.82) is 0 Å². The van der Waals surface area contributed by atoms with E-state index in [0.29, 0.717) is 22.8 Å². The zero-order valence-electron chi connectivity index (χ0n) is 26.5. The number of rotatable bonds is 14. The summed E-state index contributed by atoms with van der Waals surface area (Å²) in [6.45, 7) is 5.22. The molecule has 0 radical (unpaired) electrons. The number of sulfonamides is 1. The lowest BCUT2D eigenvalue weighted by atomic mass is 10.0. The summed E-state index contributed by atoms with van der Waals surface area (Å²) in [5.41, 5.74) is 2.73. The van der Waals surface area contributed by atoms with Crippen molar-refractivity contribution < 1.29 is 22.7 Å². The Kier molecular flexibility index (Phi) is 11.8. The minimum absolute atomic E-state index is 0.0336. The molecule has 0 aromatic heterocycles. The van der Waals surface area contributed by atoms with Crippen molar-refractivity contribution in [1.82, 2.24) is 10.2 Å². The monoisotopic (exact) mass is 661 g/mol. The minimum atomic E-state index is -4.20. The maximum atomic E-state index is 14.5. The molecule has 0 spiro atoms. The van der Waals surface area contributed by atoms with E-state index < -0.39 is 28.5 Å². The van der Waals surface area contributed by atoms with Crippen LogP contribution in [0.2, 0.25) is 5.02 Å². The lowest BCUT2D eigenvalue weighted by molar-refractivity contribution is -0.140. The van der Waals surface area contributed by atoms with Crippen LogP contribution in [0.3, 0.4) is 0 Å². The first-order valence-corrected chi connectivity index (χ1v) is 16.9. The number of aryl methyl sites for hydroxylation is 1. The summed E-state index contributed by atoms with van der Waals surface area (Å²) in [5, 5.41) is 3.52. The third kappa shape index (κ3) is 8.89. The number of halogens is 1. The van der Waals surface area contributed by atoms with Gasteiger partial charge in [-0.25, -0.2) is 8.42 Å². The van der Waals surface area contributed by atoms with E-state index in [0.717, 1.165) is 15.4 Å². The largest absolute Gasteiger partial charge is 0.497 e. The predicted octanol–water partition coefficient (Wildman–Crippen LogP) is 6.41. The molecule has 0 aliphatic rings. The van der Waals surface area contributed by atoms with Crippen molar-refractivity contribution in [2.24, 2.45) is 0 Å². The molecule has 0 bridgehead atoms. The van der Waals surface area contributed by atoms with E-state index in [1.807, 2.05) is 57.2 Å². The summed E-state index contributed by atoms with van der Waals surface area (Å²) in [7, 11) is -2.68. The number of benzene rings is 4. The zero-order valence-corrected chi connectivity index (χ0v) is 28.1. The third-order valence-electron chi connectivity index (χ3n) is 7.76. The molecule has 4 aromatic rings. The number of anilines is 1. The van der Waals surface area contributed by atoms with Gasteiger partial charge in [0.1, 0.15) is 18.3 Å². The Morgan fingerprint density at radius 2 is 1.54 bits per heavy atom. The van der Waals surface area contributed by atoms with E-state index in [-0.39, 0.29) is 35.5 Å². The Bertz CT molecular complexity index is 1720. The first-order chi connectivity index (χ1) is 22.0. The van der Waals surface area contributed by atoms with E-state index in [2.05, 4.69) is 5.32 Å². The molecular formula is C36H40ClN3O5S. The van der Waals surface area contributed by atoms with Crippen molar-refractivity contribution in [2.75, 3.05) is 18.0 Å². The molecule has 0 aliphatic carbocycles. The van der Waals surface area contributed by atoms with Gasteiger partial charge in [-0.3, -0.25) is 13.9 Å². The fraction of sp³-hybridized carbons (Fsp3) is 0.278. The van der Waals surface area contributed by atoms with Gasteiger partial charge in [0.2, 0.25) is 11.8 Å². The van der Waals surface area contributed by atoms with Crippen LogP contribution in [0.1, 0.15) is 37.0 Å². The summed E-state index contributed by atoms with van der Waals surface area (Å²) < 4.78 is 34.7. The predicted molar refractivity (Wildman–Crippen MR) is 183 cm³/mol. The van der Waals surface area contributed by atoms with Crippen molar-refractivity contribution >= 4 is 39.1 Å². The molecule has 0 saturated heterocycles. The van der Waals surface area contributed by atoms with Gasteiger partial charge < -0.3 is 15.0 Å². The molecule has 0 saturated carbocycles. The second-order valence-corrected chi connectivity index (χ2v) is 13.5. The zero-order chi connectivity index (χ0) is 33.3. The highest BCUT2D eigenvalue weighted by Gasteiger charge is 2.35.